The predicted molar refractivity (Wildman–Crippen MR) is 258 cm³/mol. The second-order valence-corrected chi connectivity index (χ2v) is 18.3. The van der Waals surface area contributed by atoms with Gasteiger partial charge in [-0.15, -0.1) is 0 Å². The number of ether oxygens (including phenoxy) is 2. The quantitative estimate of drug-likeness (QED) is 0.0262. The van der Waals surface area contributed by atoms with Crippen LogP contribution < -0.4 is 5.32 Å². The van der Waals surface area contributed by atoms with Crippen molar-refractivity contribution in [2.24, 2.45) is 0 Å². The van der Waals surface area contributed by atoms with Crippen LogP contribution in [0.2, 0.25) is 0 Å². The molecule has 1 fully saturated rings. The van der Waals surface area contributed by atoms with Crippen molar-refractivity contribution in [3.8, 4) is 0 Å². The molecule has 9 heteroatoms. The molecule has 0 aliphatic carbocycles. The van der Waals surface area contributed by atoms with Crippen LogP contribution in [0.3, 0.4) is 0 Å². The first-order chi connectivity index (χ1) is 30.3. The Morgan fingerprint density at radius 1 is 0.532 bits per heavy atom. The number of nitrogens with one attached hydrogen (secondary N) is 1. The molecule has 0 radical (unpaired) electrons. The largest absolute Gasteiger partial charge is 0.394 e. The zero-order valence-electron chi connectivity index (χ0n) is 40.1. The molecule has 6 N–H and O–H groups in total. The molecule has 7 unspecified atom stereocenters. The van der Waals surface area contributed by atoms with Gasteiger partial charge in [0.1, 0.15) is 24.4 Å². The topological polar surface area (TPSA) is 149 Å². The van der Waals surface area contributed by atoms with Crippen molar-refractivity contribution in [1.82, 2.24) is 5.32 Å². The van der Waals surface area contributed by atoms with Crippen molar-refractivity contribution in [3.63, 3.8) is 0 Å². The molecule has 1 heterocycles. The molecule has 1 rings (SSSR count). The van der Waals surface area contributed by atoms with Gasteiger partial charge in [0.05, 0.1) is 25.4 Å². The van der Waals surface area contributed by atoms with Crippen LogP contribution in [0, 0.1) is 0 Å². The van der Waals surface area contributed by atoms with Gasteiger partial charge in [0.25, 0.3) is 0 Å². The lowest BCUT2D eigenvalue weighted by Gasteiger charge is -2.40. The molecule has 1 amide bonds. The van der Waals surface area contributed by atoms with Crippen LogP contribution in [0.1, 0.15) is 239 Å². The summed E-state index contributed by atoms with van der Waals surface area (Å²) in [4.78, 5) is 12.9. The highest BCUT2D eigenvalue weighted by Gasteiger charge is 2.44. The predicted octanol–water partition coefficient (Wildman–Crippen LogP) is 12.0. The van der Waals surface area contributed by atoms with Crippen molar-refractivity contribution in [2.75, 3.05) is 13.2 Å². The van der Waals surface area contributed by atoms with E-state index in [1.807, 2.05) is 6.08 Å². The molecule has 0 aromatic carbocycles. The second-order valence-electron chi connectivity index (χ2n) is 18.3. The Hall–Kier alpha value is -1.59. The van der Waals surface area contributed by atoms with Gasteiger partial charge in [-0.25, -0.2) is 0 Å². The first-order valence-corrected chi connectivity index (χ1v) is 26.2. The van der Waals surface area contributed by atoms with Crippen molar-refractivity contribution >= 4 is 5.91 Å². The third kappa shape index (κ3) is 33.0. The summed E-state index contributed by atoms with van der Waals surface area (Å²) in [5.74, 6) is -0.198. The van der Waals surface area contributed by atoms with Crippen LogP contribution in [0.4, 0.5) is 0 Å². The van der Waals surface area contributed by atoms with Gasteiger partial charge in [-0.05, 0) is 51.4 Å². The maximum absolute atomic E-state index is 12.9. The summed E-state index contributed by atoms with van der Waals surface area (Å²) in [5, 5.41) is 54.2. The lowest BCUT2D eigenvalue weighted by atomic mass is 9.99. The van der Waals surface area contributed by atoms with E-state index >= 15 is 0 Å². The average molecular weight is 878 g/mol. The Morgan fingerprint density at radius 3 is 1.42 bits per heavy atom. The fourth-order valence-corrected chi connectivity index (χ4v) is 8.23. The van der Waals surface area contributed by atoms with Gasteiger partial charge in [0.15, 0.2) is 6.29 Å². The SMILES string of the molecule is CCC/C=C\CCCCCCCC(=O)NC(COC1OC(CO)C(O)C(O)C1O)C(O)/C=C/CC/C=C/CCCCCCCCCCCCCCCCCCCCCCCCC. The van der Waals surface area contributed by atoms with E-state index in [4.69, 9.17) is 9.47 Å². The highest BCUT2D eigenvalue weighted by Crippen LogP contribution is 2.23. The Morgan fingerprint density at radius 2 is 0.952 bits per heavy atom. The molecule has 1 aliphatic heterocycles. The van der Waals surface area contributed by atoms with Crippen LogP contribution in [0.5, 0.6) is 0 Å². The van der Waals surface area contributed by atoms with Gasteiger partial charge < -0.3 is 40.3 Å². The van der Waals surface area contributed by atoms with Crippen LogP contribution in [0.25, 0.3) is 0 Å². The third-order valence-electron chi connectivity index (χ3n) is 12.4. The summed E-state index contributed by atoms with van der Waals surface area (Å²) < 4.78 is 11.2. The summed E-state index contributed by atoms with van der Waals surface area (Å²) in [6.45, 7) is 3.70. The number of hydrogen-bond donors (Lipinski definition) is 6. The number of hydrogen-bond acceptors (Lipinski definition) is 8. The maximum Gasteiger partial charge on any atom is 0.220 e. The third-order valence-corrected chi connectivity index (χ3v) is 12.4. The second kappa shape index (κ2) is 43.3. The number of unbranched alkanes of at least 4 members (excludes halogenated alkanes) is 30. The first-order valence-electron chi connectivity index (χ1n) is 26.2. The Bertz CT molecular complexity index is 1070. The molecular formula is C53H99NO8. The average Bonchev–Trinajstić information content (AvgIpc) is 3.27. The number of aliphatic hydroxyl groups excluding tert-OH is 5. The molecule has 0 saturated carbocycles. The zero-order chi connectivity index (χ0) is 45.1. The molecule has 62 heavy (non-hydrogen) atoms. The van der Waals surface area contributed by atoms with Gasteiger partial charge in [-0.1, -0.05) is 217 Å². The summed E-state index contributed by atoms with van der Waals surface area (Å²) in [6.07, 6.45) is 48.1. The van der Waals surface area contributed by atoms with E-state index in [0.717, 1.165) is 64.2 Å². The van der Waals surface area contributed by atoms with Gasteiger partial charge >= 0.3 is 0 Å². The Kier molecular flexibility index (Phi) is 40.8. The highest BCUT2D eigenvalue weighted by molar-refractivity contribution is 5.76. The standard InChI is InChI=1S/C53H99NO8/c1-3-5-7-9-11-13-15-16-17-18-19-20-21-22-23-24-25-26-27-28-29-30-31-32-33-34-36-38-40-42-47(56)46(45-61-53-52(60)51(59)50(58)48(44-55)62-53)54-49(57)43-41-39-37-35-14-12-10-8-6-4-2/h8,10,33-34,40,42,46-48,50-53,55-56,58-60H,3-7,9,11-32,35-39,41,43-45H2,1-2H3,(H,54,57)/b10-8-,34-33+,42-40+. The van der Waals surface area contributed by atoms with Crippen LogP contribution in [-0.4, -0.2) is 87.5 Å². The maximum atomic E-state index is 12.9. The number of amides is 1. The molecule has 0 bridgehead atoms. The van der Waals surface area contributed by atoms with E-state index in [9.17, 15) is 30.3 Å². The van der Waals surface area contributed by atoms with E-state index in [0.29, 0.717) is 6.42 Å². The van der Waals surface area contributed by atoms with Crippen molar-refractivity contribution < 1.29 is 39.8 Å². The minimum Gasteiger partial charge on any atom is -0.394 e. The molecule has 0 aromatic rings. The normalized spacial score (nSPS) is 20.5. The lowest BCUT2D eigenvalue weighted by molar-refractivity contribution is -0.302. The molecule has 1 aliphatic rings. The summed E-state index contributed by atoms with van der Waals surface area (Å²) >= 11 is 0. The number of allylic oxidation sites excluding steroid dienone is 5. The molecule has 7 atom stereocenters. The van der Waals surface area contributed by atoms with Gasteiger partial charge in [-0.3, -0.25) is 4.79 Å². The van der Waals surface area contributed by atoms with Crippen molar-refractivity contribution in [2.45, 2.75) is 281 Å². The molecule has 0 aromatic heterocycles. The van der Waals surface area contributed by atoms with E-state index in [1.54, 1.807) is 6.08 Å². The zero-order valence-corrected chi connectivity index (χ0v) is 40.1. The smallest absolute Gasteiger partial charge is 0.220 e. The Balaban J connectivity index is 2.19. The van der Waals surface area contributed by atoms with Crippen LogP contribution >= 0.6 is 0 Å². The first kappa shape index (κ1) is 58.4. The van der Waals surface area contributed by atoms with Crippen LogP contribution in [-0.2, 0) is 14.3 Å². The summed E-state index contributed by atoms with van der Waals surface area (Å²) in [7, 11) is 0. The number of carbonyl (C=O) groups is 1. The van der Waals surface area contributed by atoms with Crippen molar-refractivity contribution in [1.29, 1.82) is 0 Å². The molecule has 0 spiro atoms. The lowest BCUT2D eigenvalue weighted by Crippen LogP contribution is -2.60. The van der Waals surface area contributed by atoms with Crippen LogP contribution in [0.15, 0.2) is 36.5 Å². The van der Waals surface area contributed by atoms with Gasteiger partial charge in [0.2, 0.25) is 5.91 Å². The molecule has 9 nitrogen and oxygen atoms in total. The fraction of sp³-hybridized carbons (Fsp3) is 0.868. The minimum atomic E-state index is -1.57. The molecule has 364 valence electrons. The van der Waals surface area contributed by atoms with E-state index in [2.05, 4.69) is 43.5 Å². The number of aliphatic hydroxyl groups is 5. The van der Waals surface area contributed by atoms with Gasteiger partial charge in [-0.2, -0.15) is 0 Å². The van der Waals surface area contributed by atoms with E-state index in [-0.39, 0.29) is 12.5 Å². The highest BCUT2D eigenvalue weighted by atomic mass is 16.7. The molecular weight excluding hydrogens is 779 g/mol. The van der Waals surface area contributed by atoms with Crippen molar-refractivity contribution in [3.05, 3.63) is 36.5 Å². The molecule has 1 saturated heterocycles. The number of carbonyl (C=O) groups excluding carboxylic acids is 1. The Labute approximate surface area is 381 Å². The summed E-state index contributed by atoms with van der Waals surface area (Å²) in [5.41, 5.74) is 0. The number of rotatable bonds is 44. The van der Waals surface area contributed by atoms with Gasteiger partial charge in [0, 0.05) is 6.42 Å². The summed E-state index contributed by atoms with van der Waals surface area (Å²) in [6, 6.07) is -0.824. The monoisotopic (exact) mass is 878 g/mol. The fourth-order valence-electron chi connectivity index (χ4n) is 8.23. The van der Waals surface area contributed by atoms with E-state index in [1.165, 1.54) is 154 Å². The minimum absolute atomic E-state index is 0.198. The van der Waals surface area contributed by atoms with E-state index < -0.39 is 49.5 Å².